The average molecular weight is 202 g/mol. The first-order valence-electron chi connectivity index (χ1n) is 4.54. The van der Waals surface area contributed by atoms with Crippen LogP contribution in [0.15, 0.2) is 30.3 Å². The van der Waals surface area contributed by atoms with Gasteiger partial charge in [-0.3, -0.25) is 0 Å². The summed E-state index contributed by atoms with van der Waals surface area (Å²) < 4.78 is 0. The van der Waals surface area contributed by atoms with Crippen molar-refractivity contribution in [3.8, 4) is 5.75 Å². The molecule has 0 spiro atoms. The predicted molar refractivity (Wildman–Crippen MR) is 57.3 cm³/mol. The molecule has 2 aromatic carbocycles. The number of hydrogen-bond donors (Lipinski definition) is 2. The lowest BCUT2D eigenvalue weighted by atomic mass is 10.0. The summed E-state index contributed by atoms with van der Waals surface area (Å²) in [5, 5.41) is 19.9. The molecule has 3 heteroatoms. The summed E-state index contributed by atoms with van der Waals surface area (Å²) in [6.07, 6.45) is 0. The lowest BCUT2D eigenvalue weighted by Crippen LogP contribution is -1.95. The van der Waals surface area contributed by atoms with E-state index >= 15 is 0 Å². The van der Waals surface area contributed by atoms with Gasteiger partial charge in [-0.25, -0.2) is 4.79 Å². The van der Waals surface area contributed by atoms with Gasteiger partial charge in [0.15, 0.2) is 0 Å². The van der Waals surface area contributed by atoms with Gasteiger partial charge in [0.25, 0.3) is 0 Å². The van der Waals surface area contributed by atoms with Crippen LogP contribution < -0.4 is 0 Å². The second-order valence-corrected chi connectivity index (χ2v) is 3.53. The summed E-state index contributed by atoms with van der Waals surface area (Å²) >= 11 is 0. The summed E-state index contributed by atoms with van der Waals surface area (Å²) in [5.74, 6) is -1.03. The minimum atomic E-state index is -1.03. The highest BCUT2D eigenvalue weighted by Gasteiger charge is 2.07. The Bertz CT molecular complexity index is 544. The lowest BCUT2D eigenvalue weighted by molar-refractivity contribution is 0.0696. The van der Waals surface area contributed by atoms with Crippen LogP contribution in [0.3, 0.4) is 0 Å². The number of aromatic hydroxyl groups is 1. The number of fused-ring (bicyclic) bond motifs is 1. The van der Waals surface area contributed by atoms with Gasteiger partial charge in [0.2, 0.25) is 0 Å². The molecular formula is C12H10O3. The number of phenolic OH excluding ortho intramolecular Hbond substituents is 1. The van der Waals surface area contributed by atoms with Crippen molar-refractivity contribution >= 4 is 16.7 Å². The van der Waals surface area contributed by atoms with Crippen molar-refractivity contribution in [3.05, 3.63) is 41.5 Å². The third-order valence-corrected chi connectivity index (χ3v) is 2.33. The maximum atomic E-state index is 10.8. The zero-order valence-electron chi connectivity index (χ0n) is 8.19. The minimum absolute atomic E-state index is 0.00454. The van der Waals surface area contributed by atoms with Gasteiger partial charge in [-0.15, -0.1) is 0 Å². The number of aryl methyl sites for hydroxylation is 1. The van der Waals surface area contributed by atoms with Crippen LogP contribution in [0.25, 0.3) is 10.8 Å². The van der Waals surface area contributed by atoms with Crippen molar-refractivity contribution in [2.24, 2.45) is 0 Å². The largest absolute Gasteiger partial charge is 0.507 e. The molecule has 2 N–H and O–H groups in total. The van der Waals surface area contributed by atoms with Crippen LogP contribution >= 0.6 is 0 Å². The average Bonchev–Trinajstić information content (AvgIpc) is 2.16. The van der Waals surface area contributed by atoms with Crippen molar-refractivity contribution < 1.29 is 15.0 Å². The van der Waals surface area contributed by atoms with E-state index in [9.17, 15) is 9.90 Å². The Balaban J connectivity index is 2.79. The molecule has 2 aromatic rings. The molecule has 0 bridgehead atoms. The second kappa shape index (κ2) is 3.28. The first-order valence-corrected chi connectivity index (χ1v) is 4.54. The van der Waals surface area contributed by atoms with Crippen molar-refractivity contribution in [2.45, 2.75) is 6.92 Å². The van der Waals surface area contributed by atoms with Crippen LogP contribution in [0.5, 0.6) is 5.75 Å². The molecular weight excluding hydrogens is 192 g/mol. The molecule has 0 aromatic heterocycles. The molecule has 3 nitrogen and oxygen atoms in total. The van der Waals surface area contributed by atoms with Crippen molar-refractivity contribution in [2.75, 3.05) is 0 Å². The van der Waals surface area contributed by atoms with Gasteiger partial charge in [-0.1, -0.05) is 23.8 Å². The van der Waals surface area contributed by atoms with Crippen LogP contribution in [0, 0.1) is 6.92 Å². The zero-order valence-corrected chi connectivity index (χ0v) is 8.19. The Morgan fingerprint density at radius 2 is 1.93 bits per heavy atom. The van der Waals surface area contributed by atoms with Crippen LogP contribution in [0.1, 0.15) is 15.9 Å². The maximum absolute atomic E-state index is 10.8. The SMILES string of the molecule is Cc1ccc2c(O)cc(C(=O)O)cc2c1. The molecule has 0 amide bonds. The smallest absolute Gasteiger partial charge is 0.335 e. The number of phenols is 1. The van der Waals surface area contributed by atoms with Gasteiger partial charge in [0, 0.05) is 5.39 Å². The highest BCUT2D eigenvalue weighted by atomic mass is 16.4. The standard InChI is InChI=1S/C12H10O3/c1-7-2-3-10-8(4-7)5-9(12(14)15)6-11(10)13/h2-6,13H,1H3,(H,14,15). The molecule has 0 aliphatic heterocycles. The highest BCUT2D eigenvalue weighted by molar-refractivity contribution is 5.97. The topological polar surface area (TPSA) is 57.5 Å². The number of carbonyl (C=O) groups is 1. The Morgan fingerprint density at radius 3 is 2.60 bits per heavy atom. The van der Waals surface area contributed by atoms with Crippen LogP contribution in [0.4, 0.5) is 0 Å². The quantitative estimate of drug-likeness (QED) is 0.747. The van der Waals surface area contributed by atoms with Crippen LogP contribution in [-0.2, 0) is 0 Å². The van der Waals surface area contributed by atoms with E-state index in [0.29, 0.717) is 5.39 Å². The number of hydrogen-bond acceptors (Lipinski definition) is 2. The van der Waals surface area contributed by atoms with Crippen LogP contribution in [0.2, 0.25) is 0 Å². The number of rotatable bonds is 1. The third kappa shape index (κ3) is 1.64. The fourth-order valence-corrected chi connectivity index (χ4v) is 1.59. The lowest BCUT2D eigenvalue weighted by Gasteiger charge is -2.04. The molecule has 0 unspecified atom stereocenters. The summed E-state index contributed by atoms with van der Waals surface area (Å²) in [6.45, 7) is 1.92. The molecule has 0 radical (unpaired) electrons. The number of carboxylic acid groups (broad SMARTS) is 1. The minimum Gasteiger partial charge on any atom is -0.507 e. The normalized spacial score (nSPS) is 10.5. The van der Waals surface area contributed by atoms with Gasteiger partial charge in [-0.05, 0) is 24.4 Å². The second-order valence-electron chi connectivity index (χ2n) is 3.53. The van der Waals surface area contributed by atoms with E-state index in [4.69, 9.17) is 5.11 Å². The fourth-order valence-electron chi connectivity index (χ4n) is 1.59. The summed E-state index contributed by atoms with van der Waals surface area (Å²) in [7, 11) is 0. The molecule has 0 fully saturated rings. The fraction of sp³-hybridized carbons (Fsp3) is 0.0833. The number of aromatic carboxylic acids is 1. The number of carboxylic acids is 1. The summed E-state index contributed by atoms with van der Waals surface area (Å²) in [4.78, 5) is 10.8. The molecule has 0 heterocycles. The molecule has 0 saturated carbocycles. The molecule has 0 saturated heterocycles. The first kappa shape index (κ1) is 9.52. The molecule has 0 aliphatic carbocycles. The summed E-state index contributed by atoms with van der Waals surface area (Å²) in [6, 6.07) is 8.33. The maximum Gasteiger partial charge on any atom is 0.335 e. The monoisotopic (exact) mass is 202 g/mol. The third-order valence-electron chi connectivity index (χ3n) is 2.33. The molecule has 76 valence electrons. The van der Waals surface area contributed by atoms with E-state index in [2.05, 4.69) is 0 Å². The Morgan fingerprint density at radius 1 is 1.20 bits per heavy atom. The van der Waals surface area contributed by atoms with E-state index in [1.165, 1.54) is 6.07 Å². The van der Waals surface area contributed by atoms with Crippen LogP contribution in [-0.4, -0.2) is 16.2 Å². The van der Waals surface area contributed by atoms with Crippen molar-refractivity contribution in [3.63, 3.8) is 0 Å². The zero-order chi connectivity index (χ0) is 11.0. The molecule has 2 rings (SSSR count). The first-order chi connectivity index (χ1) is 7.08. The van der Waals surface area contributed by atoms with Crippen molar-refractivity contribution in [1.29, 1.82) is 0 Å². The van der Waals surface area contributed by atoms with Gasteiger partial charge in [0.05, 0.1) is 5.56 Å². The van der Waals surface area contributed by atoms with E-state index in [0.717, 1.165) is 10.9 Å². The van der Waals surface area contributed by atoms with E-state index in [1.807, 2.05) is 19.1 Å². The van der Waals surface area contributed by atoms with Gasteiger partial charge < -0.3 is 10.2 Å². The molecule has 15 heavy (non-hydrogen) atoms. The molecule has 0 aliphatic rings. The van der Waals surface area contributed by atoms with Gasteiger partial charge in [-0.2, -0.15) is 0 Å². The number of benzene rings is 2. The summed E-state index contributed by atoms with van der Waals surface area (Å²) in [5.41, 5.74) is 1.13. The van der Waals surface area contributed by atoms with Gasteiger partial charge >= 0.3 is 5.97 Å². The Labute approximate surface area is 86.6 Å². The predicted octanol–water partition coefficient (Wildman–Crippen LogP) is 2.55. The Kier molecular flexibility index (Phi) is 2.08. The van der Waals surface area contributed by atoms with Crippen molar-refractivity contribution in [1.82, 2.24) is 0 Å². The van der Waals surface area contributed by atoms with E-state index < -0.39 is 5.97 Å². The molecule has 0 atom stereocenters. The van der Waals surface area contributed by atoms with E-state index in [1.54, 1.807) is 12.1 Å². The Hall–Kier alpha value is -2.03. The van der Waals surface area contributed by atoms with Gasteiger partial charge in [0.1, 0.15) is 5.75 Å². The van der Waals surface area contributed by atoms with E-state index in [-0.39, 0.29) is 11.3 Å². The highest BCUT2D eigenvalue weighted by Crippen LogP contribution is 2.27.